The smallest absolute Gasteiger partial charge is 0.151 e. The number of aromatic nitrogens is 2. The summed E-state index contributed by atoms with van der Waals surface area (Å²) in [5, 5.41) is 18.4. The van der Waals surface area contributed by atoms with Crippen LogP contribution in [0.1, 0.15) is 25.3 Å². The van der Waals surface area contributed by atoms with E-state index in [1.54, 1.807) is 0 Å². The Morgan fingerprint density at radius 3 is 2.57 bits per heavy atom. The first kappa shape index (κ1) is 14.0. The van der Waals surface area contributed by atoms with Crippen molar-refractivity contribution in [3.63, 3.8) is 0 Å². The maximum atomic E-state index is 9.73. The quantitative estimate of drug-likeness (QED) is 0.941. The summed E-state index contributed by atoms with van der Waals surface area (Å²) in [6, 6.07) is 12.4. The predicted octanol–water partition coefficient (Wildman–Crippen LogP) is 2.67. The third kappa shape index (κ3) is 3.22. The zero-order chi connectivity index (χ0) is 14.7. The van der Waals surface area contributed by atoms with Crippen LogP contribution in [0.3, 0.4) is 0 Å². The highest BCUT2D eigenvalue weighted by molar-refractivity contribution is 5.60. The molecule has 3 rings (SSSR count). The number of hydrogen-bond donors (Lipinski definition) is 1. The van der Waals surface area contributed by atoms with E-state index in [1.165, 1.54) is 5.56 Å². The molecular formula is C17H21N3O. The number of aliphatic hydroxyl groups is 1. The first-order chi connectivity index (χ1) is 10.3. The van der Waals surface area contributed by atoms with E-state index in [4.69, 9.17) is 0 Å². The lowest BCUT2D eigenvalue weighted by atomic mass is 10.1. The number of rotatable bonds is 3. The van der Waals surface area contributed by atoms with Gasteiger partial charge in [0, 0.05) is 18.7 Å². The highest BCUT2D eigenvalue weighted by atomic mass is 16.3. The van der Waals surface area contributed by atoms with E-state index >= 15 is 0 Å². The minimum Gasteiger partial charge on any atom is -0.391 e. The Balaban J connectivity index is 1.76. The van der Waals surface area contributed by atoms with Crippen molar-refractivity contribution < 1.29 is 5.11 Å². The van der Waals surface area contributed by atoms with Crippen LogP contribution in [0.15, 0.2) is 36.4 Å². The number of aliphatic hydroxyl groups excluding tert-OH is 1. The van der Waals surface area contributed by atoms with E-state index in [-0.39, 0.29) is 6.10 Å². The van der Waals surface area contributed by atoms with Crippen molar-refractivity contribution in [1.29, 1.82) is 0 Å². The summed E-state index contributed by atoms with van der Waals surface area (Å²) in [6.07, 6.45) is 2.68. The van der Waals surface area contributed by atoms with Gasteiger partial charge in [-0.2, -0.15) is 0 Å². The van der Waals surface area contributed by atoms with Crippen molar-refractivity contribution >= 4 is 5.82 Å². The SMILES string of the molecule is CCc1ccc(-c2ccc(N3CCCC(O)C3)nn2)cc1. The number of aryl methyl sites for hydroxylation is 1. The minimum absolute atomic E-state index is 0.248. The summed E-state index contributed by atoms with van der Waals surface area (Å²) in [4.78, 5) is 2.10. The van der Waals surface area contributed by atoms with Crippen molar-refractivity contribution in [2.24, 2.45) is 0 Å². The molecule has 1 saturated heterocycles. The molecule has 1 aromatic heterocycles. The van der Waals surface area contributed by atoms with E-state index < -0.39 is 0 Å². The zero-order valence-electron chi connectivity index (χ0n) is 12.4. The lowest BCUT2D eigenvalue weighted by molar-refractivity contribution is 0.154. The van der Waals surface area contributed by atoms with Crippen molar-refractivity contribution in [1.82, 2.24) is 10.2 Å². The fourth-order valence-electron chi connectivity index (χ4n) is 2.72. The molecule has 4 heteroatoms. The van der Waals surface area contributed by atoms with Crippen LogP contribution in [0.2, 0.25) is 0 Å². The van der Waals surface area contributed by atoms with Gasteiger partial charge in [-0.3, -0.25) is 0 Å². The molecule has 2 aromatic rings. The zero-order valence-corrected chi connectivity index (χ0v) is 12.4. The summed E-state index contributed by atoms with van der Waals surface area (Å²) < 4.78 is 0. The van der Waals surface area contributed by atoms with Crippen molar-refractivity contribution in [3.05, 3.63) is 42.0 Å². The van der Waals surface area contributed by atoms with Gasteiger partial charge in [0.1, 0.15) is 0 Å². The molecule has 0 spiro atoms. The summed E-state index contributed by atoms with van der Waals surface area (Å²) in [5.41, 5.74) is 3.30. The van der Waals surface area contributed by atoms with Crippen LogP contribution in [0.25, 0.3) is 11.3 Å². The van der Waals surface area contributed by atoms with Crippen LogP contribution in [0.5, 0.6) is 0 Å². The van der Waals surface area contributed by atoms with Crippen molar-refractivity contribution in [2.45, 2.75) is 32.3 Å². The van der Waals surface area contributed by atoms with E-state index in [1.807, 2.05) is 12.1 Å². The number of hydrogen-bond acceptors (Lipinski definition) is 4. The molecule has 1 fully saturated rings. The summed E-state index contributed by atoms with van der Waals surface area (Å²) >= 11 is 0. The molecule has 1 N–H and O–H groups in total. The Morgan fingerprint density at radius 2 is 1.95 bits per heavy atom. The number of nitrogens with zero attached hydrogens (tertiary/aromatic N) is 3. The van der Waals surface area contributed by atoms with Crippen LogP contribution in [0.4, 0.5) is 5.82 Å². The van der Waals surface area contributed by atoms with E-state index in [0.29, 0.717) is 6.54 Å². The van der Waals surface area contributed by atoms with Gasteiger partial charge >= 0.3 is 0 Å². The Morgan fingerprint density at radius 1 is 1.14 bits per heavy atom. The van der Waals surface area contributed by atoms with Gasteiger partial charge < -0.3 is 10.0 Å². The van der Waals surface area contributed by atoms with Gasteiger partial charge in [-0.25, -0.2) is 0 Å². The van der Waals surface area contributed by atoms with Crippen LogP contribution in [0, 0.1) is 0 Å². The van der Waals surface area contributed by atoms with Gasteiger partial charge in [-0.15, -0.1) is 10.2 Å². The first-order valence-electron chi connectivity index (χ1n) is 7.62. The van der Waals surface area contributed by atoms with Crippen LogP contribution in [-0.2, 0) is 6.42 Å². The average molecular weight is 283 g/mol. The van der Waals surface area contributed by atoms with Gasteiger partial charge in [0.05, 0.1) is 11.8 Å². The molecule has 2 heterocycles. The maximum absolute atomic E-state index is 9.73. The number of anilines is 1. The van der Waals surface area contributed by atoms with Gasteiger partial charge in [0.25, 0.3) is 0 Å². The number of benzene rings is 1. The fourth-order valence-corrected chi connectivity index (χ4v) is 2.72. The molecule has 110 valence electrons. The Kier molecular flexibility index (Phi) is 4.15. The lowest BCUT2D eigenvalue weighted by Gasteiger charge is -2.30. The normalized spacial score (nSPS) is 18.8. The molecule has 0 bridgehead atoms. The topological polar surface area (TPSA) is 49.2 Å². The van der Waals surface area contributed by atoms with Crippen molar-refractivity contribution in [2.75, 3.05) is 18.0 Å². The highest BCUT2D eigenvalue weighted by Crippen LogP contribution is 2.21. The Hall–Kier alpha value is -1.94. The monoisotopic (exact) mass is 283 g/mol. The molecule has 0 saturated carbocycles. The number of β-amino-alcohol motifs (C(OH)–C–C–N with tert-alkyl or cyclic N) is 1. The molecule has 0 radical (unpaired) electrons. The largest absolute Gasteiger partial charge is 0.391 e. The summed E-state index contributed by atoms with van der Waals surface area (Å²) in [6.45, 7) is 3.74. The fraction of sp³-hybridized carbons (Fsp3) is 0.412. The Bertz CT molecular complexity index is 580. The molecular weight excluding hydrogens is 262 g/mol. The lowest BCUT2D eigenvalue weighted by Crippen LogP contribution is -2.38. The van der Waals surface area contributed by atoms with E-state index in [0.717, 1.165) is 42.9 Å². The van der Waals surface area contributed by atoms with Crippen LogP contribution >= 0.6 is 0 Å². The molecule has 1 aromatic carbocycles. The molecule has 1 unspecified atom stereocenters. The first-order valence-corrected chi connectivity index (χ1v) is 7.62. The second-order valence-electron chi connectivity index (χ2n) is 5.57. The molecule has 4 nitrogen and oxygen atoms in total. The molecule has 0 aliphatic carbocycles. The number of piperidine rings is 1. The third-order valence-corrected chi connectivity index (χ3v) is 4.03. The summed E-state index contributed by atoms with van der Waals surface area (Å²) in [7, 11) is 0. The van der Waals surface area contributed by atoms with Crippen molar-refractivity contribution in [3.8, 4) is 11.3 Å². The molecule has 1 aliphatic heterocycles. The predicted molar refractivity (Wildman–Crippen MR) is 84.3 cm³/mol. The van der Waals surface area contributed by atoms with Crippen LogP contribution < -0.4 is 4.90 Å². The highest BCUT2D eigenvalue weighted by Gasteiger charge is 2.19. The average Bonchev–Trinajstić information content (AvgIpc) is 2.55. The third-order valence-electron chi connectivity index (χ3n) is 4.03. The van der Waals surface area contributed by atoms with E-state index in [2.05, 4.69) is 46.3 Å². The Labute approximate surface area is 125 Å². The van der Waals surface area contributed by atoms with Gasteiger partial charge in [-0.05, 0) is 37.0 Å². The second-order valence-corrected chi connectivity index (χ2v) is 5.57. The summed E-state index contributed by atoms with van der Waals surface area (Å²) in [5.74, 6) is 0.850. The van der Waals surface area contributed by atoms with Gasteiger partial charge in [0.2, 0.25) is 0 Å². The second kappa shape index (κ2) is 6.22. The molecule has 1 atom stereocenters. The minimum atomic E-state index is -0.248. The molecule has 1 aliphatic rings. The maximum Gasteiger partial charge on any atom is 0.151 e. The van der Waals surface area contributed by atoms with Gasteiger partial charge in [0.15, 0.2) is 5.82 Å². The van der Waals surface area contributed by atoms with E-state index in [9.17, 15) is 5.11 Å². The van der Waals surface area contributed by atoms with Gasteiger partial charge in [-0.1, -0.05) is 31.2 Å². The standard InChI is InChI=1S/C17H21N3O/c1-2-13-5-7-14(8-6-13)16-9-10-17(19-18-16)20-11-3-4-15(21)12-20/h5-10,15,21H,2-4,11-12H2,1H3. The molecule has 0 amide bonds. The molecule has 21 heavy (non-hydrogen) atoms. The van der Waals surface area contributed by atoms with Crippen LogP contribution in [-0.4, -0.2) is 34.5 Å².